The molecule has 0 aromatic rings. The van der Waals surface area contributed by atoms with Gasteiger partial charge in [0.25, 0.3) is 0 Å². The van der Waals surface area contributed by atoms with Crippen molar-refractivity contribution >= 4 is 5.97 Å². The van der Waals surface area contributed by atoms with Gasteiger partial charge in [-0.3, -0.25) is 4.79 Å². The van der Waals surface area contributed by atoms with Crippen molar-refractivity contribution < 1.29 is 30.0 Å². The second-order valence-electron chi connectivity index (χ2n) is 23.4. The molecule has 320 valence electrons. The van der Waals surface area contributed by atoms with Gasteiger partial charge in [-0.25, -0.2) is 0 Å². The molecule has 7 unspecified atom stereocenters. The van der Waals surface area contributed by atoms with Gasteiger partial charge in [-0.05, 0) is 214 Å². The lowest BCUT2D eigenvalue weighted by Gasteiger charge is -2.64. The lowest BCUT2D eigenvalue weighted by molar-refractivity contribution is -0.203. The third-order valence-electron chi connectivity index (χ3n) is 21.4. The zero-order chi connectivity index (χ0) is 39.9. The van der Waals surface area contributed by atoms with Crippen molar-refractivity contribution in [1.29, 1.82) is 0 Å². The number of rotatable bonds is 10. The number of esters is 1. The predicted octanol–water partition coefficient (Wildman–Crippen LogP) is 9.98. The van der Waals surface area contributed by atoms with E-state index in [0.29, 0.717) is 90.0 Å². The van der Waals surface area contributed by atoms with E-state index in [1.54, 1.807) is 0 Å². The van der Waals surface area contributed by atoms with E-state index in [-0.39, 0.29) is 52.0 Å². The lowest BCUT2D eigenvalue weighted by atomic mass is 9.41. The first-order chi connectivity index (χ1) is 26.6. The molecule has 8 aliphatic carbocycles. The summed E-state index contributed by atoms with van der Waals surface area (Å²) in [6, 6.07) is 0. The zero-order valence-corrected chi connectivity index (χ0v) is 36.8. The van der Waals surface area contributed by atoms with Crippen LogP contribution in [0.2, 0.25) is 0 Å². The molecule has 0 aromatic carbocycles. The zero-order valence-electron chi connectivity index (χ0n) is 36.8. The number of hydrogen-bond acceptors (Lipinski definition) is 6. The Labute approximate surface area is 341 Å². The minimum atomic E-state index is -0.240. The molecule has 0 spiro atoms. The molecule has 6 nitrogen and oxygen atoms in total. The normalized spacial score (nSPS) is 53.4. The number of carbonyl (C=O) groups is 1. The maximum Gasteiger partial charge on any atom is 0.305 e. The average molecular weight is 781 g/mol. The summed E-state index contributed by atoms with van der Waals surface area (Å²) < 4.78 is 5.92. The minimum absolute atomic E-state index is 0.0286. The maximum atomic E-state index is 13.1. The van der Waals surface area contributed by atoms with Gasteiger partial charge in [0, 0.05) is 6.42 Å². The largest absolute Gasteiger partial charge is 0.466 e. The number of hydrogen-bond donors (Lipinski definition) is 4. The van der Waals surface area contributed by atoms with Gasteiger partial charge in [0.1, 0.15) is 0 Å². The molecule has 0 saturated heterocycles. The molecule has 0 amide bonds. The van der Waals surface area contributed by atoms with Crippen LogP contribution in [0.1, 0.15) is 177 Å². The smallest absolute Gasteiger partial charge is 0.305 e. The monoisotopic (exact) mass is 781 g/mol. The van der Waals surface area contributed by atoms with E-state index in [9.17, 15) is 25.2 Å². The van der Waals surface area contributed by atoms with Crippen LogP contribution in [0.25, 0.3) is 0 Å². The van der Waals surface area contributed by atoms with Gasteiger partial charge in [0.15, 0.2) is 0 Å². The highest BCUT2D eigenvalue weighted by molar-refractivity contribution is 5.69. The van der Waals surface area contributed by atoms with Crippen LogP contribution in [0, 0.1) is 98.6 Å². The van der Waals surface area contributed by atoms with Crippen molar-refractivity contribution in [3.8, 4) is 0 Å². The summed E-state index contributed by atoms with van der Waals surface area (Å²) in [6.45, 7) is 17.8. The Morgan fingerprint density at radius 2 is 1.16 bits per heavy atom. The molecule has 0 aromatic heterocycles. The summed E-state index contributed by atoms with van der Waals surface area (Å²) >= 11 is 0. The Morgan fingerprint density at radius 1 is 0.625 bits per heavy atom. The first kappa shape index (κ1) is 42.0. The number of aliphatic hydroxyl groups is 4. The fourth-order valence-electron chi connectivity index (χ4n) is 18.5. The molecule has 0 bridgehead atoms. The van der Waals surface area contributed by atoms with Gasteiger partial charge in [0.05, 0.1) is 31.0 Å². The Bertz CT molecular complexity index is 1400. The van der Waals surface area contributed by atoms with Crippen LogP contribution in [0.5, 0.6) is 0 Å². The van der Waals surface area contributed by atoms with E-state index in [1.807, 2.05) is 0 Å². The number of ether oxygens (including phenoxy) is 1. The van der Waals surface area contributed by atoms with E-state index in [2.05, 4.69) is 48.5 Å². The van der Waals surface area contributed by atoms with E-state index in [4.69, 9.17) is 4.74 Å². The first-order valence-corrected chi connectivity index (χ1v) is 24.4. The SMILES string of the molecule is CC[C@@H]1[C@H](O)C2C3CC[C@H]([C@H](C)CCCOC(=O)CC[C@@H](C)[C@H]4CCC5C6C(CC[C@@]54C)[C@@]4(C)CC[C@@H](O)CC4C[C@@H]6O)[C@@]3(C)CCC2[C@@]2(C)CC[C@@H](O)C[C@@H]12. The van der Waals surface area contributed by atoms with Crippen LogP contribution in [0.4, 0.5) is 0 Å². The van der Waals surface area contributed by atoms with Crippen molar-refractivity contribution in [2.24, 2.45) is 98.6 Å². The van der Waals surface area contributed by atoms with Gasteiger partial charge >= 0.3 is 5.97 Å². The Hall–Kier alpha value is -0.690. The number of aliphatic hydroxyl groups excluding tert-OH is 4. The molecule has 8 rings (SSSR count). The van der Waals surface area contributed by atoms with Gasteiger partial charge in [0.2, 0.25) is 0 Å². The van der Waals surface area contributed by atoms with Crippen molar-refractivity contribution in [2.75, 3.05) is 6.61 Å². The van der Waals surface area contributed by atoms with E-state index in [1.165, 1.54) is 51.4 Å². The summed E-state index contributed by atoms with van der Waals surface area (Å²) in [5.74, 6) is 6.59. The lowest BCUT2D eigenvalue weighted by Crippen LogP contribution is -2.62. The van der Waals surface area contributed by atoms with Gasteiger partial charge in [-0.2, -0.15) is 0 Å². The van der Waals surface area contributed by atoms with Crippen molar-refractivity contribution in [3.05, 3.63) is 0 Å². The molecule has 8 saturated carbocycles. The van der Waals surface area contributed by atoms with Crippen LogP contribution >= 0.6 is 0 Å². The molecule has 8 aliphatic rings. The van der Waals surface area contributed by atoms with Crippen molar-refractivity contribution in [2.45, 2.75) is 201 Å². The maximum absolute atomic E-state index is 13.1. The average Bonchev–Trinajstić information content (AvgIpc) is 3.70. The van der Waals surface area contributed by atoms with Gasteiger partial charge < -0.3 is 25.2 Å². The van der Waals surface area contributed by atoms with Gasteiger partial charge in [-0.1, -0.05) is 54.9 Å². The van der Waals surface area contributed by atoms with E-state index >= 15 is 0 Å². The summed E-state index contributed by atoms with van der Waals surface area (Å²) in [5, 5.41) is 44.8. The van der Waals surface area contributed by atoms with Crippen LogP contribution in [-0.2, 0) is 9.53 Å². The molecule has 0 radical (unpaired) electrons. The molecular formula is C50H84O6. The quantitative estimate of drug-likeness (QED) is 0.130. The van der Waals surface area contributed by atoms with E-state index < -0.39 is 0 Å². The minimum Gasteiger partial charge on any atom is -0.466 e. The molecule has 56 heavy (non-hydrogen) atoms. The summed E-state index contributed by atoms with van der Waals surface area (Å²) in [7, 11) is 0. The Morgan fingerprint density at radius 3 is 1.80 bits per heavy atom. The molecule has 8 fully saturated rings. The second-order valence-corrected chi connectivity index (χ2v) is 23.4. The number of carbonyl (C=O) groups excluding carboxylic acids is 1. The van der Waals surface area contributed by atoms with Crippen LogP contribution in [0.3, 0.4) is 0 Å². The van der Waals surface area contributed by atoms with Gasteiger partial charge in [-0.15, -0.1) is 0 Å². The topological polar surface area (TPSA) is 107 Å². The van der Waals surface area contributed by atoms with Crippen molar-refractivity contribution in [3.63, 3.8) is 0 Å². The molecular weight excluding hydrogens is 697 g/mol. The highest BCUT2D eigenvalue weighted by atomic mass is 16.5. The summed E-state index contributed by atoms with van der Waals surface area (Å²) in [6.07, 6.45) is 20.1. The molecule has 4 N–H and O–H groups in total. The number of fused-ring (bicyclic) bond motifs is 10. The third kappa shape index (κ3) is 6.72. The summed E-state index contributed by atoms with van der Waals surface area (Å²) in [4.78, 5) is 13.1. The standard InChI is InChI=1S/C50H84O6/c1-8-34-41-28-33(52)18-22-50(41,7)40-20-24-49(6)35(13-15-38(49)45(40)46(34)55)29(2)10-9-25-56-43(54)16-11-30(3)36-12-14-37-44-39(19-23-48(36,37)5)47(4)21-17-32(51)26-31(47)27-42(44)53/h29-42,44-46,51-53,55H,8-28H2,1-7H3/t29-,30-,31?,32-,33-,34+,35-,36-,37?,38?,39?,40?,41+,42+,44?,45?,46+,47+,48-,49-,50-/m1/s1. The highest BCUT2D eigenvalue weighted by Crippen LogP contribution is 2.71. The van der Waals surface area contributed by atoms with E-state index in [0.717, 1.165) is 70.6 Å². The van der Waals surface area contributed by atoms with Crippen LogP contribution in [-0.4, -0.2) is 57.4 Å². The second kappa shape index (κ2) is 15.6. The fourth-order valence-corrected chi connectivity index (χ4v) is 18.5. The van der Waals surface area contributed by atoms with Crippen LogP contribution in [0.15, 0.2) is 0 Å². The van der Waals surface area contributed by atoms with Crippen LogP contribution < -0.4 is 0 Å². The first-order valence-electron chi connectivity index (χ1n) is 24.4. The fraction of sp³-hybridized carbons (Fsp3) is 0.980. The van der Waals surface area contributed by atoms with Crippen molar-refractivity contribution in [1.82, 2.24) is 0 Å². The summed E-state index contributed by atoms with van der Waals surface area (Å²) in [5.41, 5.74) is 1.01. The molecule has 0 aliphatic heterocycles. The Balaban J connectivity index is 0.802. The highest BCUT2D eigenvalue weighted by Gasteiger charge is 2.66. The molecule has 21 atom stereocenters. The molecule has 0 heterocycles. The Kier molecular flexibility index (Phi) is 11.7. The predicted molar refractivity (Wildman–Crippen MR) is 222 cm³/mol. The molecule has 6 heteroatoms. The third-order valence-corrected chi connectivity index (χ3v) is 21.4.